The number of hydrogen-bond acceptors (Lipinski definition) is 4. The molecule has 0 saturated heterocycles. The third-order valence-corrected chi connectivity index (χ3v) is 4.13. The van der Waals surface area contributed by atoms with Crippen molar-refractivity contribution in [3.05, 3.63) is 0 Å². The minimum absolute atomic E-state index is 0.197. The Kier molecular flexibility index (Phi) is 6.80. The predicted molar refractivity (Wildman–Crippen MR) is 75.9 cm³/mol. The van der Waals surface area contributed by atoms with Gasteiger partial charge in [-0.3, -0.25) is 10.1 Å². The molecule has 0 atom stereocenters. The number of esters is 1. The van der Waals surface area contributed by atoms with E-state index < -0.39 is 5.54 Å². The van der Waals surface area contributed by atoms with E-state index in [2.05, 4.69) is 5.32 Å². The number of aliphatic hydroxyl groups is 1. The maximum absolute atomic E-state index is 11.6. The molecule has 0 radical (unpaired) electrons. The van der Waals surface area contributed by atoms with E-state index in [-0.39, 0.29) is 5.97 Å². The highest BCUT2D eigenvalue weighted by Gasteiger charge is 2.32. The summed E-state index contributed by atoms with van der Waals surface area (Å²) in [5, 5.41) is 12.2. The molecule has 0 aromatic carbocycles. The van der Waals surface area contributed by atoms with E-state index in [1.807, 2.05) is 13.8 Å². The van der Waals surface area contributed by atoms with Gasteiger partial charge in [0.05, 0.1) is 7.11 Å². The van der Waals surface area contributed by atoms with Crippen LogP contribution in [0.1, 0.15) is 58.8 Å². The van der Waals surface area contributed by atoms with Crippen LogP contribution in [0.2, 0.25) is 0 Å². The Bertz CT molecular complexity index is 271. The summed E-state index contributed by atoms with van der Waals surface area (Å²) in [6.07, 6.45) is 7.99. The van der Waals surface area contributed by atoms with Gasteiger partial charge in [0.25, 0.3) is 0 Å². The van der Waals surface area contributed by atoms with Crippen LogP contribution in [0.25, 0.3) is 0 Å². The molecule has 0 aliphatic heterocycles. The van der Waals surface area contributed by atoms with E-state index >= 15 is 0 Å². The smallest absolute Gasteiger partial charge is 0.325 e. The fourth-order valence-corrected chi connectivity index (χ4v) is 2.96. The Morgan fingerprint density at radius 1 is 1.26 bits per heavy atom. The number of hydrogen-bond donors (Lipinski definition) is 2. The minimum Gasteiger partial charge on any atom is -0.468 e. The second-order valence-corrected chi connectivity index (χ2v) is 6.20. The number of aliphatic hydroxyl groups excluding tert-OH is 1. The largest absolute Gasteiger partial charge is 0.468 e. The number of carbonyl (C=O) groups excluding carboxylic acids is 1. The molecule has 1 aliphatic carbocycles. The van der Waals surface area contributed by atoms with Crippen LogP contribution in [0, 0.1) is 5.92 Å². The Labute approximate surface area is 116 Å². The monoisotopic (exact) mass is 271 g/mol. The third-order valence-electron chi connectivity index (χ3n) is 4.13. The molecule has 4 heteroatoms. The summed E-state index contributed by atoms with van der Waals surface area (Å²) in [5.74, 6) is 0.600. The summed E-state index contributed by atoms with van der Waals surface area (Å²) in [4.78, 5) is 11.6. The normalized spacial score (nSPS) is 24.2. The first-order valence-electron chi connectivity index (χ1n) is 7.46. The molecule has 0 unspecified atom stereocenters. The van der Waals surface area contributed by atoms with E-state index in [4.69, 9.17) is 9.84 Å². The maximum atomic E-state index is 11.6. The van der Waals surface area contributed by atoms with Crippen molar-refractivity contribution in [2.75, 3.05) is 13.7 Å². The molecule has 1 rings (SSSR count). The van der Waals surface area contributed by atoms with Gasteiger partial charge in [-0.25, -0.2) is 0 Å². The van der Waals surface area contributed by atoms with Crippen LogP contribution >= 0.6 is 0 Å². The van der Waals surface area contributed by atoms with Crippen LogP contribution in [0.4, 0.5) is 0 Å². The van der Waals surface area contributed by atoms with Crippen LogP contribution in [0.15, 0.2) is 0 Å². The Balaban J connectivity index is 2.28. The molecule has 1 fully saturated rings. The second-order valence-electron chi connectivity index (χ2n) is 6.20. The summed E-state index contributed by atoms with van der Waals surface area (Å²) >= 11 is 0. The lowest BCUT2D eigenvalue weighted by atomic mass is 9.82. The van der Waals surface area contributed by atoms with Gasteiger partial charge in [-0.2, -0.15) is 0 Å². The molecule has 1 saturated carbocycles. The number of carbonyl (C=O) groups is 1. The van der Waals surface area contributed by atoms with Crippen molar-refractivity contribution >= 4 is 5.97 Å². The molecule has 0 heterocycles. The highest BCUT2D eigenvalue weighted by atomic mass is 16.5. The summed E-state index contributed by atoms with van der Waals surface area (Å²) < 4.78 is 4.82. The van der Waals surface area contributed by atoms with Crippen molar-refractivity contribution in [3.8, 4) is 0 Å². The van der Waals surface area contributed by atoms with E-state index in [9.17, 15) is 4.79 Å². The number of rotatable bonds is 7. The number of unbranched alkanes of at least 4 members (excludes halogenated alkanes) is 1. The highest BCUT2D eigenvalue weighted by Crippen LogP contribution is 2.29. The van der Waals surface area contributed by atoms with Crippen molar-refractivity contribution in [1.29, 1.82) is 0 Å². The van der Waals surface area contributed by atoms with Crippen molar-refractivity contribution in [1.82, 2.24) is 5.32 Å². The Morgan fingerprint density at radius 2 is 1.89 bits per heavy atom. The average Bonchev–Trinajstić information content (AvgIpc) is 2.39. The molecule has 0 aromatic heterocycles. The maximum Gasteiger partial charge on any atom is 0.325 e. The van der Waals surface area contributed by atoms with Gasteiger partial charge in [-0.1, -0.05) is 12.8 Å². The van der Waals surface area contributed by atoms with Crippen LogP contribution in [0.3, 0.4) is 0 Å². The zero-order valence-electron chi connectivity index (χ0n) is 12.6. The van der Waals surface area contributed by atoms with E-state index in [0.29, 0.717) is 12.6 Å². The van der Waals surface area contributed by atoms with Crippen LogP contribution in [-0.4, -0.2) is 36.4 Å². The first kappa shape index (κ1) is 16.4. The third kappa shape index (κ3) is 5.49. The Hall–Kier alpha value is -0.610. The summed E-state index contributed by atoms with van der Waals surface area (Å²) in [7, 11) is 1.43. The molecule has 0 amide bonds. The summed E-state index contributed by atoms with van der Waals surface area (Å²) in [6.45, 7) is 4.07. The zero-order valence-corrected chi connectivity index (χ0v) is 12.6. The molecular formula is C15H29NO3. The molecule has 0 spiro atoms. The van der Waals surface area contributed by atoms with Crippen molar-refractivity contribution in [2.45, 2.75) is 70.4 Å². The lowest BCUT2D eigenvalue weighted by Gasteiger charge is -2.34. The first-order chi connectivity index (χ1) is 8.99. The molecule has 19 heavy (non-hydrogen) atoms. The fourth-order valence-electron chi connectivity index (χ4n) is 2.96. The average molecular weight is 271 g/mol. The first-order valence-corrected chi connectivity index (χ1v) is 7.46. The Morgan fingerprint density at radius 3 is 2.42 bits per heavy atom. The lowest BCUT2D eigenvalue weighted by molar-refractivity contribution is -0.147. The van der Waals surface area contributed by atoms with Crippen LogP contribution < -0.4 is 5.32 Å². The summed E-state index contributed by atoms with van der Waals surface area (Å²) in [5.41, 5.74) is -0.594. The van der Waals surface area contributed by atoms with Crippen molar-refractivity contribution < 1.29 is 14.6 Å². The SMILES string of the molecule is COC(=O)C(C)(C)N[C@H]1CC[C@H](CCCCO)CC1. The molecule has 1 aliphatic rings. The predicted octanol–water partition coefficient (Wildman–Crippen LogP) is 2.25. The minimum atomic E-state index is -0.594. The fraction of sp³-hybridized carbons (Fsp3) is 0.933. The topological polar surface area (TPSA) is 58.6 Å². The van der Waals surface area contributed by atoms with Crippen LogP contribution in [0.5, 0.6) is 0 Å². The molecule has 2 N–H and O–H groups in total. The van der Waals surface area contributed by atoms with E-state index in [1.165, 1.54) is 26.4 Å². The van der Waals surface area contributed by atoms with Crippen molar-refractivity contribution in [3.63, 3.8) is 0 Å². The van der Waals surface area contributed by atoms with Gasteiger partial charge in [-0.15, -0.1) is 0 Å². The van der Waals surface area contributed by atoms with Gasteiger partial charge in [-0.05, 0) is 51.9 Å². The second kappa shape index (κ2) is 7.85. The highest BCUT2D eigenvalue weighted by molar-refractivity contribution is 5.79. The number of nitrogens with one attached hydrogen (secondary N) is 1. The van der Waals surface area contributed by atoms with Gasteiger partial charge in [0.2, 0.25) is 0 Å². The molecule has 4 nitrogen and oxygen atoms in total. The molecular weight excluding hydrogens is 242 g/mol. The van der Waals surface area contributed by atoms with Gasteiger partial charge in [0.15, 0.2) is 0 Å². The van der Waals surface area contributed by atoms with Gasteiger partial charge < -0.3 is 9.84 Å². The van der Waals surface area contributed by atoms with Gasteiger partial charge >= 0.3 is 5.97 Å². The standard InChI is InChI=1S/C15H29NO3/c1-15(2,14(18)19-3)16-13-9-7-12(8-10-13)6-4-5-11-17/h12-13,16-17H,4-11H2,1-3H3/t12-,13-. The quantitative estimate of drug-likeness (QED) is 0.551. The van der Waals surface area contributed by atoms with Gasteiger partial charge in [0.1, 0.15) is 5.54 Å². The zero-order chi connectivity index (χ0) is 14.3. The van der Waals surface area contributed by atoms with Gasteiger partial charge in [0, 0.05) is 12.6 Å². The number of ether oxygens (including phenoxy) is 1. The van der Waals surface area contributed by atoms with Crippen molar-refractivity contribution in [2.24, 2.45) is 5.92 Å². The van der Waals surface area contributed by atoms with Crippen LogP contribution in [-0.2, 0) is 9.53 Å². The van der Waals surface area contributed by atoms with E-state index in [0.717, 1.165) is 31.6 Å². The molecule has 112 valence electrons. The number of methoxy groups -OCH3 is 1. The lowest BCUT2D eigenvalue weighted by Crippen LogP contribution is -2.52. The summed E-state index contributed by atoms with van der Waals surface area (Å²) in [6, 6.07) is 0.420. The molecule has 0 aromatic rings. The van der Waals surface area contributed by atoms with E-state index in [1.54, 1.807) is 0 Å². The molecule has 0 bridgehead atoms.